The molecule has 0 spiro atoms. The summed E-state index contributed by atoms with van der Waals surface area (Å²) in [4.78, 5) is 15.2. The Balaban J connectivity index is 0.900. The van der Waals surface area contributed by atoms with E-state index in [0.29, 0.717) is 17.5 Å². The van der Waals surface area contributed by atoms with Crippen molar-refractivity contribution >= 4 is 43.1 Å². The van der Waals surface area contributed by atoms with Crippen molar-refractivity contribution in [3.05, 3.63) is 237 Å². The van der Waals surface area contributed by atoms with Crippen molar-refractivity contribution in [3.63, 3.8) is 0 Å². The summed E-state index contributed by atoms with van der Waals surface area (Å²) in [6.07, 6.45) is 0. The van der Waals surface area contributed by atoms with Crippen LogP contribution in [0.3, 0.4) is 0 Å². The number of aromatic nitrogens is 3. The predicted octanol–water partition coefficient (Wildman–Crippen LogP) is 16.2. The van der Waals surface area contributed by atoms with Crippen LogP contribution in [0.4, 0.5) is 0 Å². The molecule has 0 N–H and O–H groups in total. The first-order chi connectivity index (χ1) is 31.7. The normalized spacial score (nSPS) is 11.4. The first-order valence-corrected chi connectivity index (χ1v) is 21.8. The third-order valence-corrected chi connectivity index (χ3v) is 12.6. The number of rotatable bonds is 7. The van der Waals surface area contributed by atoms with Gasteiger partial charge < -0.3 is 0 Å². The van der Waals surface area contributed by atoms with Gasteiger partial charge in [-0.3, -0.25) is 0 Å². The molecule has 12 rings (SSSR count). The number of fused-ring (bicyclic) bond motifs is 5. The molecule has 0 saturated heterocycles. The second-order valence-corrected chi connectivity index (χ2v) is 16.3. The zero-order chi connectivity index (χ0) is 42.4. The quantitative estimate of drug-likeness (QED) is 0.119. The molecule has 0 unspecified atom stereocenters. The van der Waals surface area contributed by atoms with E-state index in [0.717, 1.165) is 38.9 Å². The van der Waals surface area contributed by atoms with Gasteiger partial charge in [0.1, 0.15) is 0 Å². The Bertz CT molecular complexity index is 3690. The SMILES string of the molecule is c1ccc(-c2nc(-c3ccc(-c4ccc(-c5ccc(-c6c7ccccc7cc7c6ccc6ccccc67)c6ccccc56)cc4)cc3)nc(-c3ccccc3-c3ccccc3)n2)cc1. The van der Waals surface area contributed by atoms with E-state index in [4.69, 9.17) is 15.0 Å². The van der Waals surface area contributed by atoms with Crippen LogP contribution >= 0.6 is 0 Å². The summed E-state index contributed by atoms with van der Waals surface area (Å²) in [5.41, 5.74) is 12.2. The van der Waals surface area contributed by atoms with Gasteiger partial charge in [-0.1, -0.05) is 231 Å². The molecule has 0 saturated carbocycles. The lowest BCUT2D eigenvalue weighted by Gasteiger charge is -2.17. The van der Waals surface area contributed by atoms with E-state index in [-0.39, 0.29) is 0 Å². The van der Waals surface area contributed by atoms with Crippen LogP contribution in [-0.2, 0) is 0 Å². The van der Waals surface area contributed by atoms with Crippen molar-refractivity contribution in [3.8, 4) is 78.7 Å². The minimum Gasteiger partial charge on any atom is -0.208 e. The molecular weight excluding hydrogens is 775 g/mol. The van der Waals surface area contributed by atoms with Crippen LogP contribution < -0.4 is 0 Å². The van der Waals surface area contributed by atoms with E-state index in [1.54, 1.807) is 0 Å². The van der Waals surface area contributed by atoms with Crippen LogP contribution in [0.5, 0.6) is 0 Å². The molecule has 0 bridgehead atoms. The standard InChI is InChI=1S/C61H39N3/c1-3-15-42(16-4-1)48-21-11-14-26-56(48)61-63-59(45-18-5-2-6-19-45)62-60(64-61)46-33-29-41(30-34-46)40-27-31-44(32-28-40)50-37-38-54(53-25-13-12-24-52(50)53)58-51-23-10-8-20-47(51)39-57-49-22-9-7-17-43(49)35-36-55(57)58/h1-39H. The third kappa shape index (κ3) is 6.59. The fourth-order valence-corrected chi connectivity index (χ4v) is 9.42. The second kappa shape index (κ2) is 15.7. The second-order valence-electron chi connectivity index (χ2n) is 16.3. The lowest BCUT2D eigenvalue weighted by molar-refractivity contribution is 1.07. The van der Waals surface area contributed by atoms with Gasteiger partial charge in [-0.2, -0.15) is 0 Å². The first-order valence-electron chi connectivity index (χ1n) is 21.8. The zero-order valence-electron chi connectivity index (χ0n) is 34.9. The van der Waals surface area contributed by atoms with Crippen LogP contribution in [0.1, 0.15) is 0 Å². The van der Waals surface area contributed by atoms with Crippen molar-refractivity contribution in [1.82, 2.24) is 15.0 Å². The summed E-state index contributed by atoms with van der Waals surface area (Å²) in [5.74, 6) is 1.92. The Labute approximate surface area is 371 Å². The molecule has 0 aliphatic carbocycles. The van der Waals surface area contributed by atoms with Gasteiger partial charge in [-0.15, -0.1) is 0 Å². The molecule has 12 aromatic rings. The van der Waals surface area contributed by atoms with Gasteiger partial charge in [-0.05, 0) is 93.7 Å². The number of nitrogens with zero attached hydrogens (tertiary/aromatic N) is 3. The number of hydrogen-bond acceptors (Lipinski definition) is 3. The van der Waals surface area contributed by atoms with Gasteiger partial charge in [0.15, 0.2) is 17.5 Å². The molecule has 0 aliphatic rings. The number of benzene rings is 11. The fourth-order valence-electron chi connectivity index (χ4n) is 9.42. The summed E-state index contributed by atoms with van der Waals surface area (Å²) in [5, 5.41) is 10.1. The van der Waals surface area contributed by atoms with Crippen LogP contribution in [0.25, 0.3) is 122 Å². The molecule has 1 heterocycles. The first kappa shape index (κ1) is 37.2. The molecule has 11 aromatic carbocycles. The smallest absolute Gasteiger partial charge is 0.164 e. The highest BCUT2D eigenvalue weighted by Crippen LogP contribution is 2.44. The minimum atomic E-state index is 0.633. The average molecular weight is 814 g/mol. The molecular formula is C61H39N3. The molecule has 0 amide bonds. The topological polar surface area (TPSA) is 38.7 Å². The Morgan fingerprint density at radius 2 is 0.656 bits per heavy atom. The molecule has 64 heavy (non-hydrogen) atoms. The Kier molecular flexibility index (Phi) is 9.16. The van der Waals surface area contributed by atoms with Gasteiger partial charge in [0.05, 0.1) is 0 Å². The van der Waals surface area contributed by atoms with E-state index in [1.165, 1.54) is 65.3 Å². The lowest BCUT2D eigenvalue weighted by Crippen LogP contribution is -2.01. The minimum absolute atomic E-state index is 0.633. The molecule has 1 aromatic heterocycles. The van der Waals surface area contributed by atoms with E-state index >= 15 is 0 Å². The summed E-state index contributed by atoms with van der Waals surface area (Å²) < 4.78 is 0. The summed E-state index contributed by atoms with van der Waals surface area (Å²) in [6, 6.07) is 84.3. The maximum absolute atomic E-state index is 5.10. The Morgan fingerprint density at radius 3 is 1.34 bits per heavy atom. The lowest BCUT2D eigenvalue weighted by atomic mass is 9.86. The van der Waals surface area contributed by atoms with Gasteiger partial charge >= 0.3 is 0 Å². The van der Waals surface area contributed by atoms with Gasteiger partial charge in [0.25, 0.3) is 0 Å². The van der Waals surface area contributed by atoms with Gasteiger partial charge in [0.2, 0.25) is 0 Å². The Morgan fingerprint density at radius 1 is 0.203 bits per heavy atom. The molecule has 0 atom stereocenters. The van der Waals surface area contributed by atoms with E-state index in [1.807, 2.05) is 42.5 Å². The largest absolute Gasteiger partial charge is 0.208 e. The average Bonchev–Trinajstić information content (AvgIpc) is 3.38. The zero-order valence-corrected chi connectivity index (χ0v) is 34.9. The van der Waals surface area contributed by atoms with Crippen LogP contribution in [0, 0.1) is 0 Å². The Hall–Kier alpha value is -8.53. The van der Waals surface area contributed by atoms with Gasteiger partial charge in [-0.25, -0.2) is 15.0 Å². The number of hydrogen-bond donors (Lipinski definition) is 0. The highest BCUT2D eigenvalue weighted by molar-refractivity contribution is 6.23. The summed E-state index contributed by atoms with van der Waals surface area (Å²) in [7, 11) is 0. The summed E-state index contributed by atoms with van der Waals surface area (Å²) in [6.45, 7) is 0. The van der Waals surface area contributed by atoms with Crippen LogP contribution in [0.15, 0.2) is 237 Å². The van der Waals surface area contributed by atoms with Crippen molar-refractivity contribution in [2.75, 3.05) is 0 Å². The van der Waals surface area contributed by atoms with Crippen molar-refractivity contribution in [1.29, 1.82) is 0 Å². The maximum Gasteiger partial charge on any atom is 0.164 e. The summed E-state index contributed by atoms with van der Waals surface area (Å²) >= 11 is 0. The van der Waals surface area contributed by atoms with Crippen LogP contribution in [0.2, 0.25) is 0 Å². The fraction of sp³-hybridized carbons (Fsp3) is 0. The molecule has 0 fully saturated rings. The molecule has 3 heteroatoms. The highest BCUT2D eigenvalue weighted by Gasteiger charge is 2.18. The molecule has 0 aliphatic heterocycles. The van der Waals surface area contributed by atoms with Crippen molar-refractivity contribution in [2.45, 2.75) is 0 Å². The highest BCUT2D eigenvalue weighted by atomic mass is 15.0. The molecule has 3 nitrogen and oxygen atoms in total. The van der Waals surface area contributed by atoms with Crippen molar-refractivity contribution in [2.24, 2.45) is 0 Å². The molecule has 298 valence electrons. The van der Waals surface area contributed by atoms with E-state index in [2.05, 4.69) is 194 Å². The van der Waals surface area contributed by atoms with Crippen LogP contribution in [-0.4, -0.2) is 15.0 Å². The van der Waals surface area contributed by atoms with E-state index < -0.39 is 0 Å². The van der Waals surface area contributed by atoms with Crippen molar-refractivity contribution < 1.29 is 0 Å². The van der Waals surface area contributed by atoms with Gasteiger partial charge in [0, 0.05) is 16.7 Å². The third-order valence-electron chi connectivity index (χ3n) is 12.6. The predicted molar refractivity (Wildman–Crippen MR) is 268 cm³/mol. The van der Waals surface area contributed by atoms with E-state index in [9.17, 15) is 0 Å². The monoisotopic (exact) mass is 813 g/mol. The molecule has 0 radical (unpaired) electrons. The maximum atomic E-state index is 5.10.